The summed E-state index contributed by atoms with van der Waals surface area (Å²) in [5.74, 6) is 1.19. The number of anilines is 1. The van der Waals surface area contributed by atoms with Gasteiger partial charge in [0.2, 0.25) is 0 Å². The van der Waals surface area contributed by atoms with E-state index in [4.69, 9.17) is 10.5 Å². The predicted octanol–water partition coefficient (Wildman–Crippen LogP) is 2.43. The van der Waals surface area contributed by atoms with E-state index in [0.29, 0.717) is 5.95 Å². The van der Waals surface area contributed by atoms with Crippen molar-refractivity contribution in [2.45, 2.75) is 0 Å². The maximum Gasteiger partial charge on any atom is 0.197 e. The number of hydrogen-bond donors (Lipinski definition) is 2. The molecule has 15 heavy (non-hydrogen) atoms. The summed E-state index contributed by atoms with van der Waals surface area (Å²) in [6.07, 6.45) is 1.69. The average Bonchev–Trinajstić information content (AvgIpc) is 2.66. The molecule has 0 radical (unpaired) electrons. The van der Waals surface area contributed by atoms with Gasteiger partial charge < -0.3 is 15.5 Å². The fraction of sp³-hybridized carbons (Fsp3) is 0.100. The van der Waals surface area contributed by atoms with Crippen LogP contribution >= 0.6 is 15.9 Å². The van der Waals surface area contributed by atoms with E-state index in [1.54, 1.807) is 13.3 Å². The molecule has 78 valence electrons. The van der Waals surface area contributed by atoms with Gasteiger partial charge in [-0.05, 0) is 28.1 Å². The fourth-order valence-electron chi connectivity index (χ4n) is 1.31. The van der Waals surface area contributed by atoms with Crippen LogP contribution in [-0.2, 0) is 0 Å². The highest BCUT2D eigenvalue weighted by Crippen LogP contribution is 2.29. The molecular weight excluding hydrogens is 258 g/mol. The number of methoxy groups -OCH3 is 1. The number of halogens is 1. The molecule has 0 aliphatic heterocycles. The van der Waals surface area contributed by atoms with E-state index in [1.165, 1.54) is 0 Å². The smallest absolute Gasteiger partial charge is 0.197 e. The third-order valence-electron chi connectivity index (χ3n) is 2.06. The number of aromatic nitrogens is 2. The Kier molecular flexibility index (Phi) is 2.64. The van der Waals surface area contributed by atoms with Crippen molar-refractivity contribution in [2.24, 2.45) is 0 Å². The summed E-state index contributed by atoms with van der Waals surface area (Å²) in [5.41, 5.74) is 7.37. The molecule has 4 nitrogen and oxygen atoms in total. The zero-order chi connectivity index (χ0) is 10.8. The summed E-state index contributed by atoms with van der Waals surface area (Å²) < 4.78 is 6.12. The standard InChI is InChI=1S/C10H10BrN3O/c1-15-9-4-6(2-3-7(9)11)8-5-13-10(12)14-8/h2-5H,1H3,(H3,12,13,14). The molecule has 3 N–H and O–H groups in total. The van der Waals surface area contributed by atoms with Gasteiger partial charge >= 0.3 is 0 Å². The largest absolute Gasteiger partial charge is 0.496 e. The number of aromatic amines is 1. The first kappa shape index (κ1) is 10.0. The fourth-order valence-corrected chi connectivity index (χ4v) is 1.72. The molecule has 2 rings (SSSR count). The molecule has 1 heterocycles. The molecule has 5 heteroatoms. The van der Waals surface area contributed by atoms with Gasteiger partial charge in [0.15, 0.2) is 5.95 Å². The number of imidazole rings is 1. The number of benzene rings is 1. The molecule has 1 aromatic heterocycles. The number of hydrogen-bond acceptors (Lipinski definition) is 3. The van der Waals surface area contributed by atoms with Gasteiger partial charge in [0, 0.05) is 5.56 Å². The van der Waals surface area contributed by atoms with Crippen molar-refractivity contribution >= 4 is 21.9 Å². The van der Waals surface area contributed by atoms with E-state index in [-0.39, 0.29) is 0 Å². The lowest BCUT2D eigenvalue weighted by atomic mass is 10.1. The Labute approximate surface area is 95.6 Å². The first-order valence-electron chi connectivity index (χ1n) is 4.35. The van der Waals surface area contributed by atoms with Crippen LogP contribution in [0.5, 0.6) is 5.75 Å². The second-order valence-corrected chi connectivity index (χ2v) is 3.89. The topological polar surface area (TPSA) is 63.9 Å². The molecule has 0 aliphatic rings. The zero-order valence-corrected chi connectivity index (χ0v) is 9.71. The molecule has 0 aliphatic carbocycles. The van der Waals surface area contributed by atoms with E-state index in [9.17, 15) is 0 Å². The zero-order valence-electron chi connectivity index (χ0n) is 8.12. The van der Waals surface area contributed by atoms with Gasteiger partial charge in [-0.25, -0.2) is 4.98 Å². The Hall–Kier alpha value is -1.49. The minimum atomic E-state index is 0.409. The predicted molar refractivity (Wildman–Crippen MR) is 62.7 cm³/mol. The molecule has 0 amide bonds. The molecule has 0 atom stereocenters. The highest BCUT2D eigenvalue weighted by molar-refractivity contribution is 9.10. The maximum atomic E-state index is 5.51. The Morgan fingerprint density at radius 3 is 2.87 bits per heavy atom. The van der Waals surface area contributed by atoms with Crippen molar-refractivity contribution in [2.75, 3.05) is 12.8 Å². The van der Waals surface area contributed by atoms with Crippen LogP contribution in [0.3, 0.4) is 0 Å². The van der Waals surface area contributed by atoms with Crippen LogP contribution in [-0.4, -0.2) is 17.1 Å². The number of ether oxygens (including phenoxy) is 1. The van der Waals surface area contributed by atoms with Crippen LogP contribution in [0.2, 0.25) is 0 Å². The van der Waals surface area contributed by atoms with Crippen LogP contribution in [0, 0.1) is 0 Å². The van der Waals surface area contributed by atoms with Crippen LogP contribution in [0.1, 0.15) is 0 Å². The van der Waals surface area contributed by atoms with Gasteiger partial charge in [-0.1, -0.05) is 6.07 Å². The van der Waals surface area contributed by atoms with E-state index in [1.807, 2.05) is 18.2 Å². The number of nitrogens with zero attached hydrogens (tertiary/aromatic N) is 1. The summed E-state index contributed by atoms with van der Waals surface area (Å²) in [6.45, 7) is 0. The van der Waals surface area contributed by atoms with Gasteiger partial charge in [0.05, 0.1) is 23.5 Å². The number of rotatable bonds is 2. The lowest BCUT2D eigenvalue weighted by molar-refractivity contribution is 0.412. The maximum absolute atomic E-state index is 5.51. The van der Waals surface area contributed by atoms with Crippen LogP contribution in [0.15, 0.2) is 28.9 Å². The van der Waals surface area contributed by atoms with Crippen molar-refractivity contribution < 1.29 is 4.74 Å². The third kappa shape index (κ3) is 1.97. The summed E-state index contributed by atoms with van der Waals surface area (Å²) in [4.78, 5) is 6.90. The quantitative estimate of drug-likeness (QED) is 0.879. The Balaban J connectivity index is 2.45. The summed E-state index contributed by atoms with van der Waals surface area (Å²) in [5, 5.41) is 0. The molecular formula is C10H10BrN3O. The Bertz CT molecular complexity index is 481. The summed E-state index contributed by atoms with van der Waals surface area (Å²) >= 11 is 3.39. The van der Waals surface area contributed by atoms with Gasteiger partial charge in [0.1, 0.15) is 5.75 Å². The molecule has 0 saturated heterocycles. The van der Waals surface area contributed by atoms with Crippen LogP contribution in [0.25, 0.3) is 11.3 Å². The van der Waals surface area contributed by atoms with E-state index in [0.717, 1.165) is 21.5 Å². The van der Waals surface area contributed by atoms with Gasteiger partial charge in [-0.2, -0.15) is 0 Å². The van der Waals surface area contributed by atoms with Crippen molar-refractivity contribution in [1.29, 1.82) is 0 Å². The van der Waals surface area contributed by atoms with Crippen molar-refractivity contribution in [3.63, 3.8) is 0 Å². The second-order valence-electron chi connectivity index (χ2n) is 3.03. The van der Waals surface area contributed by atoms with Gasteiger partial charge in [0.25, 0.3) is 0 Å². The van der Waals surface area contributed by atoms with Crippen molar-refractivity contribution in [1.82, 2.24) is 9.97 Å². The lowest BCUT2D eigenvalue weighted by Gasteiger charge is -2.04. The minimum absolute atomic E-state index is 0.409. The van der Waals surface area contributed by atoms with E-state index < -0.39 is 0 Å². The molecule has 0 bridgehead atoms. The average molecular weight is 268 g/mol. The number of nitrogens with two attached hydrogens (primary N) is 1. The highest BCUT2D eigenvalue weighted by atomic mass is 79.9. The normalized spacial score (nSPS) is 10.3. The first-order valence-corrected chi connectivity index (χ1v) is 5.14. The minimum Gasteiger partial charge on any atom is -0.496 e. The highest BCUT2D eigenvalue weighted by Gasteiger charge is 2.05. The van der Waals surface area contributed by atoms with Crippen molar-refractivity contribution in [3.8, 4) is 17.0 Å². The molecule has 0 saturated carbocycles. The number of nitrogens with one attached hydrogen (secondary N) is 1. The van der Waals surface area contributed by atoms with Crippen LogP contribution in [0.4, 0.5) is 5.95 Å². The van der Waals surface area contributed by atoms with Crippen molar-refractivity contribution in [3.05, 3.63) is 28.9 Å². The Morgan fingerprint density at radius 2 is 2.27 bits per heavy atom. The first-order chi connectivity index (χ1) is 7.20. The molecule has 2 aromatic rings. The molecule has 1 aromatic carbocycles. The number of H-pyrrole nitrogens is 1. The van der Waals surface area contributed by atoms with Crippen LogP contribution < -0.4 is 10.5 Å². The second kappa shape index (κ2) is 3.94. The third-order valence-corrected chi connectivity index (χ3v) is 2.71. The Morgan fingerprint density at radius 1 is 1.47 bits per heavy atom. The van der Waals surface area contributed by atoms with E-state index >= 15 is 0 Å². The number of nitrogen functional groups attached to an aromatic ring is 1. The molecule has 0 spiro atoms. The summed E-state index contributed by atoms with van der Waals surface area (Å²) in [7, 11) is 1.63. The monoisotopic (exact) mass is 267 g/mol. The lowest BCUT2D eigenvalue weighted by Crippen LogP contribution is -1.87. The van der Waals surface area contributed by atoms with Gasteiger partial charge in [-0.15, -0.1) is 0 Å². The van der Waals surface area contributed by atoms with E-state index in [2.05, 4.69) is 25.9 Å². The van der Waals surface area contributed by atoms with Gasteiger partial charge in [-0.3, -0.25) is 0 Å². The molecule has 0 unspecified atom stereocenters. The summed E-state index contributed by atoms with van der Waals surface area (Å²) in [6, 6.07) is 5.79. The SMILES string of the molecule is COc1cc(-c2cnc(N)[nH]2)ccc1Br. The molecule has 0 fully saturated rings.